The van der Waals surface area contributed by atoms with E-state index in [4.69, 9.17) is 11.6 Å². The zero-order chi connectivity index (χ0) is 23.4. The molecule has 5 N–H and O–H groups in total. The van der Waals surface area contributed by atoms with E-state index in [0.717, 1.165) is 44.3 Å². The van der Waals surface area contributed by atoms with Gasteiger partial charge in [-0.2, -0.15) is 0 Å². The Balaban J connectivity index is 1.56. The van der Waals surface area contributed by atoms with Crippen molar-refractivity contribution in [2.75, 3.05) is 13.2 Å². The SMILES string of the molecule is CC1C=CC=C(CN(N)CNC2=C(c3ccccc3)C[C@](C)(C3=C(N)CCC=C3)C(C)C2)C1. The molecule has 1 aromatic rings. The summed E-state index contributed by atoms with van der Waals surface area (Å²) in [6.45, 7) is 8.44. The lowest BCUT2D eigenvalue weighted by molar-refractivity contribution is 0.235. The van der Waals surface area contributed by atoms with Gasteiger partial charge in [-0.3, -0.25) is 5.84 Å². The number of rotatable bonds is 7. The van der Waals surface area contributed by atoms with E-state index in [-0.39, 0.29) is 5.41 Å². The largest absolute Gasteiger partial charge is 0.402 e. The van der Waals surface area contributed by atoms with Gasteiger partial charge in [0.1, 0.15) is 0 Å². The highest BCUT2D eigenvalue weighted by Gasteiger charge is 2.41. The molecular weight excluding hydrogens is 404 g/mol. The third-order valence-corrected chi connectivity index (χ3v) is 7.71. The first-order chi connectivity index (χ1) is 15.9. The van der Waals surface area contributed by atoms with E-state index in [2.05, 4.69) is 86.8 Å². The maximum absolute atomic E-state index is 6.54. The van der Waals surface area contributed by atoms with Crippen molar-refractivity contribution in [3.8, 4) is 0 Å². The van der Waals surface area contributed by atoms with E-state index in [1.165, 1.54) is 28.0 Å². The molecule has 0 spiro atoms. The fraction of sp³-hybridized carbons (Fsp3) is 0.448. The molecule has 1 aromatic carbocycles. The number of allylic oxidation sites excluding steroid dienone is 9. The summed E-state index contributed by atoms with van der Waals surface area (Å²) in [5.74, 6) is 7.49. The quantitative estimate of drug-likeness (QED) is 0.289. The minimum Gasteiger partial charge on any atom is -0.402 e. The molecule has 0 heterocycles. The van der Waals surface area contributed by atoms with Crippen molar-refractivity contribution in [2.45, 2.75) is 52.9 Å². The molecule has 4 heteroatoms. The molecule has 3 aliphatic rings. The van der Waals surface area contributed by atoms with Crippen LogP contribution in [0.2, 0.25) is 0 Å². The summed E-state index contributed by atoms with van der Waals surface area (Å²) in [7, 11) is 0. The molecular formula is C29H40N4. The highest BCUT2D eigenvalue weighted by Crippen LogP contribution is 2.52. The highest BCUT2D eigenvalue weighted by atomic mass is 15.4. The molecule has 2 unspecified atom stereocenters. The Morgan fingerprint density at radius 1 is 1.15 bits per heavy atom. The van der Waals surface area contributed by atoms with Crippen LogP contribution >= 0.6 is 0 Å². The predicted octanol–water partition coefficient (Wildman–Crippen LogP) is 5.64. The molecule has 0 radical (unpaired) electrons. The number of hydrazine groups is 1. The Bertz CT molecular complexity index is 998. The van der Waals surface area contributed by atoms with Crippen molar-refractivity contribution in [1.82, 2.24) is 10.3 Å². The van der Waals surface area contributed by atoms with Gasteiger partial charge in [0.25, 0.3) is 0 Å². The summed E-state index contributed by atoms with van der Waals surface area (Å²) in [6.07, 6.45) is 16.2. The molecule has 0 saturated heterocycles. The number of benzene rings is 1. The van der Waals surface area contributed by atoms with E-state index in [9.17, 15) is 0 Å². The number of nitrogens with zero attached hydrogens (tertiary/aromatic N) is 1. The second-order valence-electron chi connectivity index (χ2n) is 10.4. The predicted molar refractivity (Wildman–Crippen MR) is 139 cm³/mol. The zero-order valence-corrected chi connectivity index (χ0v) is 20.5. The van der Waals surface area contributed by atoms with Gasteiger partial charge in [0, 0.05) is 23.4 Å². The van der Waals surface area contributed by atoms with Crippen LogP contribution in [-0.4, -0.2) is 18.2 Å². The molecule has 4 rings (SSSR count). The second-order valence-corrected chi connectivity index (χ2v) is 10.4. The van der Waals surface area contributed by atoms with Gasteiger partial charge in [-0.1, -0.05) is 87.1 Å². The minimum absolute atomic E-state index is 0.0230. The normalized spacial score (nSPS) is 27.8. The van der Waals surface area contributed by atoms with Crippen molar-refractivity contribution >= 4 is 5.57 Å². The fourth-order valence-corrected chi connectivity index (χ4v) is 5.56. The standard InChI is InChI=1S/C29H40N4/c1-21-10-9-11-23(16-21)19-33(31)20-32-28-17-22(2)29(3,26-14-7-8-15-27(26)30)18-25(28)24-12-5-4-6-13-24/h4-7,9-14,21-22,32H,8,15-20,30-31H2,1-3H3/t21?,22?,29-/m0/s1. The first-order valence-electron chi connectivity index (χ1n) is 12.4. The van der Waals surface area contributed by atoms with Crippen molar-refractivity contribution in [3.05, 3.63) is 88.8 Å². The summed E-state index contributed by atoms with van der Waals surface area (Å²) >= 11 is 0. The molecule has 3 atom stereocenters. The van der Waals surface area contributed by atoms with Crippen LogP contribution in [0.1, 0.15) is 58.4 Å². The Labute approximate surface area is 199 Å². The first kappa shape index (κ1) is 23.6. The summed E-state index contributed by atoms with van der Waals surface area (Å²) in [6, 6.07) is 10.8. The maximum atomic E-state index is 6.54. The van der Waals surface area contributed by atoms with E-state index in [0.29, 0.717) is 18.5 Å². The summed E-state index contributed by atoms with van der Waals surface area (Å²) in [4.78, 5) is 0. The fourth-order valence-electron chi connectivity index (χ4n) is 5.56. The van der Waals surface area contributed by atoms with Crippen LogP contribution in [0.15, 0.2) is 83.3 Å². The van der Waals surface area contributed by atoms with Gasteiger partial charge in [-0.05, 0) is 60.6 Å². The lowest BCUT2D eigenvalue weighted by atomic mass is 9.61. The Morgan fingerprint density at radius 2 is 1.94 bits per heavy atom. The van der Waals surface area contributed by atoms with Crippen LogP contribution < -0.4 is 16.9 Å². The van der Waals surface area contributed by atoms with Gasteiger partial charge in [0.15, 0.2) is 0 Å². The molecule has 176 valence electrons. The number of nitrogens with two attached hydrogens (primary N) is 2. The second kappa shape index (κ2) is 10.1. The number of hydrogen-bond donors (Lipinski definition) is 3. The van der Waals surface area contributed by atoms with Crippen LogP contribution in [0, 0.1) is 17.3 Å². The monoisotopic (exact) mass is 444 g/mol. The topological polar surface area (TPSA) is 67.3 Å². The average Bonchev–Trinajstić information content (AvgIpc) is 2.80. The van der Waals surface area contributed by atoms with Crippen LogP contribution in [0.5, 0.6) is 0 Å². The van der Waals surface area contributed by atoms with Crippen molar-refractivity contribution in [1.29, 1.82) is 0 Å². The molecule has 0 bridgehead atoms. The van der Waals surface area contributed by atoms with Gasteiger partial charge in [-0.25, -0.2) is 5.01 Å². The van der Waals surface area contributed by atoms with Crippen molar-refractivity contribution in [2.24, 2.45) is 28.8 Å². The summed E-state index contributed by atoms with van der Waals surface area (Å²) < 4.78 is 0. The van der Waals surface area contributed by atoms with Gasteiger partial charge in [0.2, 0.25) is 0 Å². The van der Waals surface area contributed by atoms with E-state index < -0.39 is 0 Å². The Kier molecular flexibility index (Phi) is 7.26. The maximum Gasteiger partial charge on any atom is 0.0810 e. The minimum atomic E-state index is 0.0230. The Morgan fingerprint density at radius 3 is 2.67 bits per heavy atom. The van der Waals surface area contributed by atoms with Gasteiger partial charge >= 0.3 is 0 Å². The van der Waals surface area contributed by atoms with E-state index in [1.54, 1.807) is 0 Å². The average molecular weight is 445 g/mol. The highest BCUT2D eigenvalue weighted by molar-refractivity contribution is 5.71. The molecule has 4 nitrogen and oxygen atoms in total. The summed E-state index contributed by atoms with van der Waals surface area (Å²) in [5.41, 5.74) is 14.3. The lowest BCUT2D eigenvalue weighted by Crippen LogP contribution is -2.43. The van der Waals surface area contributed by atoms with E-state index in [1.807, 2.05) is 5.01 Å². The van der Waals surface area contributed by atoms with Crippen LogP contribution in [0.25, 0.3) is 5.57 Å². The van der Waals surface area contributed by atoms with E-state index >= 15 is 0 Å². The molecule has 0 amide bonds. The lowest BCUT2D eigenvalue weighted by Gasteiger charge is -2.44. The molecule has 33 heavy (non-hydrogen) atoms. The molecule has 3 aliphatic carbocycles. The first-order valence-corrected chi connectivity index (χ1v) is 12.4. The van der Waals surface area contributed by atoms with Crippen LogP contribution in [-0.2, 0) is 0 Å². The summed E-state index contributed by atoms with van der Waals surface area (Å²) in [5, 5.41) is 5.62. The van der Waals surface area contributed by atoms with Crippen LogP contribution in [0.4, 0.5) is 0 Å². The zero-order valence-electron chi connectivity index (χ0n) is 20.5. The third kappa shape index (κ3) is 5.34. The third-order valence-electron chi connectivity index (χ3n) is 7.71. The molecule has 0 fully saturated rings. The van der Waals surface area contributed by atoms with Crippen molar-refractivity contribution < 1.29 is 0 Å². The smallest absolute Gasteiger partial charge is 0.0810 e. The van der Waals surface area contributed by atoms with Gasteiger partial charge < -0.3 is 11.1 Å². The Hall–Kier alpha value is -2.56. The number of hydrogen-bond acceptors (Lipinski definition) is 4. The van der Waals surface area contributed by atoms with Crippen molar-refractivity contribution in [3.63, 3.8) is 0 Å². The van der Waals surface area contributed by atoms with Crippen LogP contribution in [0.3, 0.4) is 0 Å². The molecule has 0 aliphatic heterocycles. The van der Waals surface area contributed by atoms with Gasteiger partial charge in [-0.15, -0.1) is 0 Å². The number of nitrogens with one attached hydrogen (secondary N) is 1. The van der Waals surface area contributed by atoms with Gasteiger partial charge in [0.05, 0.1) is 6.67 Å². The molecule has 0 aromatic heterocycles. The molecule has 0 saturated carbocycles.